The molecule has 2 unspecified atom stereocenters. The molecule has 0 fully saturated rings. The molecule has 0 bridgehead atoms. The monoisotopic (exact) mass is 406 g/mol. The van der Waals surface area contributed by atoms with E-state index in [1.54, 1.807) is 26.0 Å². The molecule has 1 rings (SSSR count). The maximum absolute atomic E-state index is 12.4. The molecule has 0 saturated carbocycles. The molecule has 0 aromatic heterocycles. The summed E-state index contributed by atoms with van der Waals surface area (Å²) in [4.78, 5) is 38.1. The Bertz CT molecular complexity index is 668. The highest BCUT2D eigenvalue weighted by atomic mass is 16.5. The predicted octanol–water partition coefficient (Wildman–Crippen LogP) is 1.58. The Morgan fingerprint density at radius 2 is 1.93 bits per heavy atom. The van der Waals surface area contributed by atoms with Gasteiger partial charge in [-0.25, -0.2) is 0 Å². The minimum absolute atomic E-state index is 0.00777. The van der Waals surface area contributed by atoms with Crippen molar-refractivity contribution in [1.82, 2.24) is 10.6 Å². The first-order valence-electron chi connectivity index (χ1n) is 9.95. The van der Waals surface area contributed by atoms with Crippen LogP contribution >= 0.6 is 0 Å². The Hall–Kier alpha value is -2.61. The van der Waals surface area contributed by atoms with Crippen LogP contribution in [0.2, 0.25) is 0 Å². The third kappa shape index (κ3) is 6.74. The molecule has 29 heavy (non-hydrogen) atoms. The summed E-state index contributed by atoms with van der Waals surface area (Å²) in [6.07, 6.45) is 3.80. The van der Waals surface area contributed by atoms with E-state index in [0.717, 1.165) is 25.7 Å². The molecule has 0 heterocycles. The molecule has 1 aromatic carbocycles. The van der Waals surface area contributed by atoms with Crippen molar-refractivity contribution >= 4 is 30.0 Å². The van der Waals surface area contributed by atoms with Gasteiger partial charge in [0.1, 0.15) is 23.8 Å². The highest BCUT2D eigenvalue weighted by Gasteiger charge is 2.27. The second kappa shape index (κ2) is 12.8. The number of hydrogen-bond acceptors (Lipinski definition) is 6. The summed E-state index contributed by atoms with van der Waals surface area (Å²) >= 11 is 0. The first-order chi connectivity index (χ1) is 13.9. The quantitative estimate of drug-likeness (QED) is 0.456. The number of aldehydes is 1. The summed E-state index contributed by atoms with van der Waals surface area (Å²) < 4.78 is 6.23. The van der Waals surface area contributed by atoms with Gasteiger partial charge in [-0.05, 0) is 45.0 Å². The van der Waals surface area contributed by atoms with Crippen molar-refractivity contribution in [1.29, 1.82) is 0 Å². The third-order valence-electron chi connectivity index (χ3n) is 4.91. The van der Waals surface area contributed by atoms with E-state index in [1.807, 2.05) is 25.2 Å². The minimum atomic E-state index is -0.550. The number of nitrogens with one attached hydrogen (secondary N) is 2. The highest BCUT2D eigenvalue weighted by Crippen LogP contribution is 2.39. The summed E-state index contributed by atoms with van der Waals surface area (Å²) in [6, 6.07) is 4.96. The van der Waals surface area contributed by atoms with Gasteiger partial charge in [0.15, 0.2) is 0 Å². The largest absolute Gasteiger partial charge is 0.488 e. The number of ether oxygens (including phenoxy) is 1. The Labute approximate surface area is 173 Å². The molecule has 0 saturated heterocycles. The van der Waals surface area contributed by atoms with Crippen LogP contribution in [0.25, 0.3) is 0 Å². The van der Waals surface area contributed by atoms with Gasteiger partial charge in [-0.2, -0.15) is 0 Å². The van der Waals surface area contributed by atoms with Gasteiger partial charge in [-0.1, -0.05) is 13.0 Å². The topological polar surface area (TPSA) is 91.0 Å². The van der Waals surface area contributed by atoms with Gasteiger partial charge in [0.2, 0.25) is 12.3 Å². The third-order valence-corrected chi connectivity index (χ3v) is 4.91. The number of carbonyl (C=O) groups is 3. The second-order valence-electron chi connectivity index (χ2n) is 6.87. The number of rotatable bonds is 14. The van der Waals surface area contributed by atoms with Gasteiger partial charge in [-0.15, -0.1) is 0 Å². The van der Waals surface area contributed by atoms with Crippen LogP contribution < -0.4 is 25.2 Å². The number of benzene rings is 1. The van der Waals surface area contributed by atoms with Crippen LogP contribution in [0.5, 0.6) is 5.75 Å². The van der Waals surface area contributed by atoms with Gasteiger partial charge in [-0.3, -0.25) is 9.59 Å². The normalized spacial score (nSPS) is 12.6. The van der Waals surface area contributed by atoms with Crippen LogP contribution in [0, 0.1) is 0 Å². The van der Waals surface area contributed by atoms with E-state index >= 15 is 0 Å². The lowest BCUT2D eigenvalue weighted by atomic mass is 10.1. The molecule has 1 aromatic rings. The van der Waals surface area contributed by atoms with Gasteiger partial charge < -0.3 is 30.0 Å². The van der Waals surface area contributed by atoms with Crippen molar-refractivity contribution in [3.63, 3.8) is 0 Å². The standard InChI is InChI=1S/C21H34N4O4/c1-6-16(12-13-22-2)29-19-11-7-9-17(20(19)24(4)15-27)25(5)18(10-8-14-26)21(28)23-3/h7,9,11,14-16,18,22H,6,8,10,12-13H2,1-5H3,(H,23,28). The first-order valence-corrected chi connectivity index (χ1v) is 9.95. The van der Waals surface area contributed by atoms with Gasteiger partial charge in [0.05, 0.1) is 11.8 Å². The Balaban J connectivity index is 3.35. The maximum Gasteiger partial charge on any atom is 0.242 e. The molecule has 8 nitrogen and oxygen atoms in total. The fourth-order valence-electron chi connectivity index (χ4n) is 3.19. The van der Waals surface area contributed by atoms with Crippen LogP contribution in [0.4, 0.5) is 11.4 Å². The van der Waals surface area contributed by atoms with E-state index in [1.165, 1.54) is 4.90 Å². The van der Waals surface area contributed by atoms with Gasteiger partial charge in [0, 0.05) is 27.6 Å². The Morgan fingerprint density at radius 1 is 1.21 bits per heavy atom. The van der Waals surface area contributed by atoms with E-state index in [0.29, 0.717) is 30.0 Å². The zero-order valence-corrected chi connectivity index (χ0v) is 18.1. The highest BCUT2D eigenvalue weighted by molar-refractivity contribution is 5.91. The van der Waals surface area contributed by atoms with Crippen molar-refractivity contribution in [2.45, 2.75) is 44.8 Å². The number of carbonyl (C=O) groups excluding carboxylic acids is 3. The van der Waals surface area contributed by atoms with E-state index < -0.39 is 6.04 Å². The Kier molecular flexibility index (Phi) is 10.8. The number of para-hydroxylation sites is 1. The van der Waals surface area contributed by atoms with E-state index in [2.05, 4.69) is 17.6 Å². The van der Waals surface area contributed by atoms with Crippen LogP contribution in [0.15, 0.2) is 18.2 Å². The molecule has 8 heteroatoms. The lowest BCUT2D eigenvalue weighted by molar-refractivity contribution is -0.122. The molecule has 2 atom stereocenters. The average Bonchev–Trinajstić information content (AvgIpc) is 2.75. The molecule has 2 amide bonds. The summed E-state index contributed by atoms with van der Waals surface area (Å²) in [5, 5.41) is 5.77. The van der Waals surface area contributed by atoms with E-state index in [-0.39, 0.29) is 18.4 Å². The van der Waals surface area contributed by atoms with Crippen LogP contribution in [-0.4, -0.2) is 65.5 Å². The van der Waals surface area contributed by atoms with Crippen molar-refractivity contribution in [2.24, 2.45) is 0 Å². The summed E-state index contributed by atoms with van der Waals surface area (Å²) in [5.74, 6) is 0.388. The number of likely N-dealkylation sites (N-methyl/N-ethyl adjacent to an activating group) is 2. The molecular weight excluding hydrogens is 372 g/mol. The number of anilines is 2. The molecule has 0 aliphatic rings. The second-order valence-corrected chi connectivity index (χ2v) is 6.87. The van der Waals surface area contributed by atoms with Gasteiger partial charge >= 0.3 is 0 Å². The number of hydrogen-bond donors (Lipinski definition) is 2. The average molecular weight is 407 g/mol. The zero-order chi connectivity index (χ0) is 21.8. The van der Waals surface area contributed by atoms with Crippen LogP contribution in [0.1, 0.15) is 32.6 Å². The number of nitrogens with zero attached hydrogens (tertiary/aromatic N) is 2. The van der Waals surface area contributed by atoms with Crippen LogP contribution in [-0.2, 0) is 14.4 Å². The van der Waals surface area contributed by atoms with E-state index in [4.69, 9.17) is 4.74 Å². The maximum atomic E-state index is 12.4. The lowest BCUT2D eigenvalue weighted by Crippen LogP contribution is -2.44. The fraction of sp³-hybridized carbons (Fsp3) is 0.571. The minimum Gasteiger partial charge on any atom is -0.488 e. The smallest absolute Gasteiger partial charge is 0.242 e. The fourth-order valence-corrected chi connectivity index (χ4v) is 3.19. The van der Waals surface area contributed by atoms with E-state index in [9.17, 15) is 14.4 Å². The van der Waals surface area contributed by atoms with Crippen molar-refractivity contribution < 1.29 is 19.1 Å². The molecule has 0 aliphatic heterocycles. The predicted molar refractivity (Wildman–Crippen MR) is 116 cm³/mol. The van der Waals surface area contributed by atoms with Crippen molar-refractivity contribution in [3.05, 3.63) is 18.2 Å². The zero-order valence-electron chi connectivity index (χ0n) is 18.1. The summed E-state index contributed by atoms with van der Waals surface area (Å²) in [6.45, 7) is 2.88. The Morgan fingerprint density at radius 3 is 2.48 bits per heavy atom. The molecule has 0 aliphatic carbocycles. The lowest BCUT2D eigenvalue weighted by Gasteiger charge is -2.32. The first kappa shape index (κ1) is 24.4. The summed E-state index contributed by atoms with van der Waals surface area (Å²) in [5.41, 5.74) is 1.27. The molecule has 2 N–H and O–H groups in total. The molecule has 0 radical (unpaired) electrons. The van der Waals surface area contributed by atoms with Crippen molar-refractivity contribution in [3.8, 4) is 5.75 Å². The van der Waals surface area contributed by atoms with Crippen molar-refractivity contribution in [2.75, 3.05) is 44.5 Å². The number of amides is 2. The van der Waals surface area contributed by atoms with Crippen LogP contribution in [0.3, 0.4) is 0 Å². The summed E-state index contributed by atoms with van der Waals surface area (Å²) in [7, 11) is 6.90. The van der Waals surface area contributed by atoms with Gasteiger partial charge in [0.25, 0.3) is 0 Å². The molecular formula is C21H34N4O4. The molecule has 162 valence electrons. The SMILES string of the molecule is CCC(CCNC)Oc1cccc(N(C)C(CCC=O)C(=O)NC)c1N(C)C=O. The molecule has 0 spiro atoms.